The van der Waals surface area contributed by atoms with Crippen molar-refractivity contribution in [2.24, 2.45) is 0 Å². The van der Waals surface area contributed by atoms with E-state index in [9.17, 15) is 0 Å². The van der Waals surface area contributed by atoms with Crippen molar-refractivity contribution in [3.63, 3.8) is 0 Å². The molecule has 0 spiro atoms. The van der Waals surface area contributed by atoms with Crippen LogP contribution in [0.5, 0.6) is 5.75 Å². The maximum atomic E-state index is 6.16. The lowest BCUT2D eigenvalue weighted by Gasteiger charge is -2.14. The van der Waals surface area contributed by atoms with Gasteiger partial charge in [0.05, 0.1) is 16.0 Å². The van der Waals surface area contributed by atoms with Gasteiger partial charge in [0, 0.05) is 11.8 Å². The Morgan fingerprint density at radius 2 is 2.18 bits per heavy atom. The molecule has 2 rings (SSSR count). The lowest BCUT2D eigenvalue weighted by molar-refractivity contribution is 0.243. The third-order valence-corrected chi connectivity index (χ3v) is 3.27. The first-order chi connectivity index (χ1) is 8.08. The average molecular weight is 269 g/mol. The minimum atomic E-state index is 0.0684. The molecule has 5 heteroatoms. The zero-order chi connectivity index (χ0) is 12.4. The van der Waals surface area contributed by atoms with Gasteiger partial charge in [-0.3, -0.25) is 0 Å². The smallest absolute Gasteiger partial charge is 0.180 e. The van der Waals surface area contributed by atoms with Gasteiger partial charge >= 0.3 is 0 Å². The highest BCUT2D eigenvalue weighted by Gasteiger charge is 2.13. The molecule has 0 saturated heterocycles. The molecule has 0 aliphatic carbocycles. The fourth-order valence-corrected chi connectivity index (χ4v) is 2.40. The summed E-state index contributed by atoms with van der Waals surface area (Å²) in [5, 5.41) is 1.14. The van der Waals surface area contributed by atoms with Gasteiger partial charge in [0.1, 0.15) is 5.75 Å². The highest BCUT2D eigenvalue weighted by Crippen LogP contribution is 2.39. The Kier molecular flexibility index (Phi) is 3.54. The molecule has 0 saturated carbocycles. The Hall–Kier alpha value is -1.26. The Labute approximate surface area is 109 Å². The molecule has 0 aliphatic heterocycles. The number of rotatable bonds is 3. The summed E-state index contributed by atoms with van der Waals surface area (Å²) in [6.07, 6.45) is 1.80. The maximum absolute atomic E-state index is 6.16. The molecule has 0 amide bonds. The number of benzene rings is 1. The van der Waals surface area contributed by atoms with Gasteiger partial charge in [-0.1, -0.05) is 29.0 Å². The topological polar surface area (TPSA) is 48.1 Å². The molecule has 0 atom stereocenters. The minimum Gasteiger partial charge on any atom is -0.489 e. The number of hydrogen-bond donors (Lipinski definition) is 1. The fraction of sp³-hybridized carbons (Fsp3) is 0.250. The molecule has 2 N–H and O–H groups in total. The summed E-state index contributed by atoms with van der Waals surface area (Å²) in [6, 6.07) is 5.66. The number of para-hydroxylation sites is 1. The third-order valence-electron chi connectivity index (χ3n) is 2.11. The van der Waals surface area contributed by atoms with Gasteiger partial charge < -0.3 is 10.5 Å². The van der Waals surface area contributed by atoms with Crippen molar-refractivity contribution in [1.82, 2.24) is 4.98 Å². The maximum Gasteiger partial charge on any atom is 0.180 e. The second-order valence-electron chi connectivity index (χ2n) is 3.85. The van der Waals surface area contributed by atoms with E-state index in [4.69, 9.17) is 22.1 Å². The number of aromatic nitrogens is 1. The first-order valence-electron chi connectivity index (χ1n) is 5.24. The summed E-state index contributed by atoms with van der Waals surface area (Å²) in [6.45, 7) is 3.93. The molecule has 3 nitrogen and oxygen atoms in total. The van der Waals surface area contributed by atoms with E-state index in [0.717, 1.165) is 10.4 Å². The van der Waals surface area contributed by atoms with Gasteiger partial charge in [-0.15, -0.1) is 0 Å². The van der Waals surface area contributed by atoms with Crippen molar-refractivity contribution < 1.29 is 4.74 Å². The van der Waals surface area contributed by atoms with Crippen LogP contribution >= 0.6 is 22.9 Å². The SMILES string of the molecule is CC(C)Oc1c(Cl)cccc1-c1cnc(N)s1. The molecule has 17 heavy (non-hydrogen) atoms. The van der Waals surface area contributed by atoms with Crippen molar-refractivity contribution >= 4 is 28.1 Å². The Morgan fingerprint density at radius 1 is 1.41 bits per heavy atom. The molecule has 0 radical (unpaired) electrons. The second-order valence-corrected chi connectivity index (χ2v) is 5.32. The van der Waals surface area contributed by atoms with Crippen LogP contribution < -0.4 is 10.5 Å². The Morgan fingerprint density at radius 3 is 2.76 bits per heavy atom. The first kappa shape index (κ1) is 12.2. The third kappa shape index (κ3) is 2.70. The molecule has 0 fully saturated rings. The van der Waals surface area contributed by atoms with E-state index in [1.807, 2.05) is 32.0 Å². The van der Waals surface area contributed by atoms with Crippen LogP contribution in [0.4, 0.5) is 5.13 Å². The van der Waals surface area contributed by atoms with E-state index in [1.54, 1.807) is 6.20 Å². The molecule has 1 aromatic heterocycles. The number of halogens is 1. The van der Waals surface area contributed by atoms with Gasteiger partial charge in [-0.2, -0.15) is 0 Å². The molecule has 0 unspecified atom stereocenters. The van der Waals surface area contributed by atoms with Crippen LogP contribution in [0.15, 0.2) is 24.4 Å². The molecule has 2 aromatic rings. The predicted octanol–water partition coefficient (Wildman–Crippen LogP) is 3.83. The zero-order valence-electron chi connectivity index (χ0n) is 9.61. The van der Waals surface area contributed by atoms with Crippen LogP contribution in [-0.2, 0) is 0 Å². The number of hydrogen-bond acceptors (Lipinski definition) is 4. The summed E-state index contributed by atoms with van der Waals surface area (Å²) in [5.41, 5.74) is 6.57. The van der Waals surface area contributed by atoms with E-state index in [2.05, 4.69) is 4.98 Å². The largest absolute Gasteiger partial charge is 0.489 e. The van der Waals surface area contributed by atoms with Gasteiger partial charge in [-0.05, 0) is 26.0 Å². The highest BCUT2D eigenvalue weighted by atomic mass is 35.5. The first-order valence-corrected chi connectivity index (χ1v) is 6.44. The number of nitrogens with two attached hydrogens (primary N) is 1. The van der Waals surface area contributed by atoms with Gasteiger partial charge in [0.15, 0.2) is 5.13 Å². The standard InChI is InChI=1S/C12H13ClN2OS/c1-7(2)16-11-8(4-3-5-9(11)13)10-6-15-12(14)17-10/h3-7H,1-2H3,(H2,14,15). The number of nitrogen functional groups attached to an aromatic ring is 1. The fourth-order valence-electron chi connectivity index (χ4n) is 1.47. The van der Waals surface area contributed by atoms with Crippen LogP contribution in [0, 0.1) is 0 Å². The quantitative estimate of drug-likeness (QED) is 0.920. The van der Waals surface area contributed by atoms with Crippen molar-refractivity contribution in [1.29, 1.82) is 0 Å². The molecule has 0 bridgehead atoms. The summed E-state index contributed by atoms with van der Waals surface area (Å²) in [4.78, 5) is 5.00. The van der Waals surface area contributed by atoms with Crippen LogP contribution in [0.1, 0.15) is 13.8 Å². The van der Waals surface area contributed by atoms with E-state index >= 15 is 0 Å². The van der Waals surface area contributed by atoms with Crippen molar-refractivity contribution in [3.05, 3.63) is 29.4 Å². The second kappa shape index (κ2) is 4.94. The van der Waals surface area contributed by atoms with E-state index in [0.29, 0.717) is 15.9 Å². The van der Waals surface area contributed by atoms with Crippen LogP contribution in [0.2, 0.25) is 5.02 Å². The number of thiazole rings is 1. The minimum absolute atomic E-state index is 0.0684. The molecule has 1 aromatic carbocycles. The number of nitrogens with zero attached hydrogens (tertiary/aromatic N) is 1. The Bertz CT molecular complexity index is 525. The molecule has 0 aliphatic rings. The number of ether oxygens (including phenoxy) is 1. The van der Waals surface area contributed by atoms with Gasteiger partial charge in [-0.25, -0.2) is 4.98 Å². The lowest BCUT2D eigenvalue weighted by Crippen LogP contribution is -2.06. The predicted molar refractivity (Wildman–Crippen MR) is 72.7 cm³/mol. The summed E-state index contributed by atoms with van der Waals surface area (Å²) in [5.74, 6) is 0.688. The summed E-state index contributed by atoms with van der Waals surface area (Å²) < 4.78 is 5.75. The molecular weight excluding hydrogens is 256 g/mol. The van der Waals surface area contributed by atoms with Crippen LogP contribution in [0.3, 0.4) is 0 Å². The van der Waals surface area contributed by atoms with E-state index < -0.39 is 0 Å². The lowest BCUT2D eigenvalue weighted by atomic mass is 10.2. The normalized spacial score (nSPS) is 10.8. The van der Waals surface area contributed by atoms with Gasteiger partial charge in [0.2, 0.25) is 0 Å². The number of anilines is 1. The monoisotopic (exact) mass is 268 g/mol. The van der Waals surface area contributed by atoms with Gasteiger partial charge in [0.25, 0.3) is 0 Å². The Balaban J connectivity index is 2.49. The van der Waals surface area contributed by atoms with Crippen molar-refractivity contribution in [2.75, 3.05) is 5.73 Å². The molecular formula is C12H13ClN2OS. The van der Waals surface area contributed by atoms with Crippen LogP contribution in [0.25, 0.3) is 10.4 Å². The summed E-state index contributed by atoms with van der Waals surface area (Å²) in [7, 11) is 0. The molecule has 1 heterocycles. The molecule has 90 valence electrons. The summed E-state index contributed by atoms with van der Waals surface area (Å²) >= 11 is 7.58. The highest BCUT2D eigenvalue weighted by molar-refractivity contribution is 7.18. The van der Waals surface area contributed by atoms with Crippen molar-refractivity contribution in [3.8, 4) is 16.2 Å². The van der Waals surface area contributed by atoms with Crippen molar-refractivity contribution in [2.45, 2.75) is 20.0 Å². The average Bonchev–Trinajstić information content (AvgIpc) is 2.67. The van der Waals surface area contributed by atoms with E-state index in [-0.39, 0.29) is 6.10 Å². The zero-order valence-corrected chi connectivity index (χ0v) is 11.2. The van der Waals surface area contributed by atoms with Crippen LogP contribution in [-0.4, -0.2) is 11.1 Å². The van der Waals surface area contributed by atoms with E-state index in [1.165, 1.54) is 11.3 Å².